The normalized spacial score (nSPS) is 21.7. The molecule has 2 atom stereocenters. The Kier molecular flexibility index (Phi) is 4.47. The third-order valence-electron chi connectivity index (χ3n) is 5.25. The van der Waals surface area contributed by atoms with E-state index >= 15 is 0 Å². The molecule has 0 aromatic heterocycles. The number of ether oxygens (including phenoxy) is 2. The number of carboxylic acids is 1. The van der Waals surface area contributed by atoms with Crippen LogP contribution >= 0.6 is 0 Å². The van der Waals surface area contributed by atoms with Crippen LogP contribution in [0.3, 0.4) is 0 Å². The first-order valence-corrected chi connectivity index (χ1v) is 8.84. The summed E-state index contributed by atoms with van der Waals surface area (Å²) in [5, 5.41) is 9.15. The molecule has 0 radical (unpaired) electrons. The quantitative estimate of drug-likeness (QED) is 0.856. The zero-order chi connectivity index (χ0) is 18.1. The van der Waals surface area contributed by atoms with Crippen molar-refractivity contribution in [2.24, 2.45) is 5.92 Å². The van der Waals surface area contributed by atoms with Crippen molar-refractivity contribution >= 4 is 11.9 Å². The molecule has 5 nitrogen and oxygen atoms in total. The maximum atomic E-state index is 12.4. The Morgan fingerprint density at radius 1 is 1.04 bits per heavy atom. The van der Waals surface area contributed by atoms with Gasteiger partial charge in [0.2, 0.25) is 0 Å². The Bertz CT molecular complexity index is 798. The lowest BCUT2D eigenvalue weighted by molar-refractivity contribution is -0.165. The minimum Gasteiger partial charge on any atom is -0.481 e. The van der Waals surface area contributed by atoms with E-state index in [9.17, 15) is 9.59 Å². The first kappa shape index (κ1) is 16.8. The highest BCUT2D eigenvalue weighted by atomic mass is 16.6. The van der Waals surface area contributed by atoms with Crippen LogP contribution in [0.1, 0.15) is 29.9 Å². The van der Waals surface area contributed by atoms with Gasteiger partial charge in [-0.15, -0.1) is 0 Å². The molecule has 1 N–H and O–H groups in total. The molecule has 26 heavy (non-hydrogen) atoms. The molecule has 1 heterocycles. The third kappa shape index (κ3) is 2.99. The van der Waals surface area contributed by atoms with Gasteiger partial charge in [-0.05, 0) is 35.1 Å². The van der Waals surface area contributed by atoms with E-state index in [-0.39, 0.29) is 25.6 Å². The van der Waals surface area contributed by atoms with Crippen molar-refractivity contribution in [2.75, 3.05) is 13.2 Å². The second-order valence-corrected chi connectivity index (χ2v) is 6.78. The van der Waals surface area contributed by atoms with Crippen molar-refractivity contribution in [3.05, 3.63) is 59.7 Å². The van der Waals surface area contributed by atoms with Gasteiger partial charge in [-0.25, -0.2) is 4.79 Å². The van der Waals surface area contributed by atoms with E-state index in [2.05, 4.69) is 24.3 Å². The van der Waals surface area contributed by atoms with Crippen LogP contribution in [0, 0.1) is 5.92 Å². The highest BCUT2D eigenvalue weighted by Gasteiger charge is 2.34. The lowest BCUT2D eigenvalue weighted by Crippen LogP contribution is -2.37. The number of carboxylic acid groups (broad SMARTS) is 1. The molecule has 1 aliphatic carbocycles. The van der Waals surface area contributed by atoms with Crippen LogP contribution in [-0.4, -0.2) is 36.4 Å². The minimum atomic E-state index is -0.884. The van der Waals surface area contributed by atoms with Crippen LogP contribution < -0.4 is 0 Å². The van der Waals surface area contributed by atoms with Gasteiger partial charge in [0, 0.05) is 12.5 Å². The molecule has 0 amide bonds. The lowest BCUT2D eigenvalue weighted by atomic mass is 9.95. The number of carbonyl (C=O) groups is 2. The Hall–Kier alpha value is -2.66. The van der Waals surface area contributed by atoms with Crippen LogP contribution in [0.2, 0.25) is 0 Å². The molecule has 2 unspecified atom stereocenters. The molecule has 0 saturated carbocycles. The van der Waals surface area contributed by atoms with Gasteiger partial charge in [-0.3, -0.25) is 4.79 Å². The Labute approximate surface area is 151 Å². The first-order chi connectivity index (χ1) is 12.6. The van der Waals surface area contributed by atoms with Gasteiger partial charge in [0.05, 0.1) is 5.92 Å². The van der Waals surface area contributed by atoms with E-state index < -0.39 is 24.0 Å². The van der Waals surface area contributed by atoms with Crippen molar-refractivity contribution in [2.45, 2.75) is 24.9 Å². The summed E-state index contributed by atoms with van der Waals surface area (Å²) in [6.45, 7) is 0.496. The maximum absolute atomic E-state index is 12.4. The fraction of sp³-hybridized carbons (Fsp3) is 0.333. The van der Waals surface area contributed by atoms with E-state index in [1.165, 1.54) is 11.1 Å². The van der Waals surface area contributed by atoms with Gasteiger partial charge in [-0.2, -0.15) is 0 Å². The van der Waals surface area contributed by atoms with Crippen LogP contribution in [0.15, 0.2) is 48.5 Å². The zero-order valence-corrected chi connectivity index (χ0v) is 14.3. The highest BCUT2D eigenvalue weighted by molar-refractivity contribution is 5.80. The summed E-state index contributed by atoms with van der Waals surface area (Å²) in [6.07, 6.45) is -0.189. The summed E-state index contributed by atoms with van der Waals surface area (Å²) < 4.78 is 11.0. The van der Waals surface area contributed by atoms with E-state index in [1.54, 1.807) is 0 Å². The van der Waals surface area contributed by atoms with E-state index in [0.29, 0.717) is 6.42 Å². The number of esters is 1. The molecular formula is C21H20O5. The zero-order valence-electron chi connectivity index (χ0n) is 14.3. The van der Waals surface area contributed by atoms with Crippen molar-refractivity contribution in [1.82, 2.24) is 0 Å². The molecule has 1 saturated heterocycles. The monoisotopic (exact) mass is 352 g/mol. The third-order valence-corrected chi connectivity index (χ3v) is 5.25. The molecule has 1 aliphatic heterocycles. The number of rotatable bonds is 4. The number of aliphatic carboxylic acids is 1. The Balaban J connectivity index is 1.48. The molecule has 5 heteroatoms. The number of hydrogen-bond donors (Lipinski definition) is 1. The fourth-order valence-corrected chi connectivity index (χ4v) is 3.88. The van der Waals surface area contributed by atoms with Crippen molar-refractivity contribution in [3.8, 4) is 11.1 Å². The van der Waals surface area contributed by atoms with E-state index in [0.717, 1.165) is 11.1 Å². The summed E-state index contributed by atoms with van der Waals surface area (Å²) in [5.41, 5.74) is 4.64. The van der Waals surface area contributed by atoms with Gasteiger partial charge in [-0.1, -0.05) is 48.5 Å². The van der Waals surface area contributed by atoms with Crippen LogP contribution in [0.25, 0.3) is 11.1 Å². The van der Waals surface area contributed by atoms with Gasteiger partial charge < -0.3 is 14.6 Å². The summed E-state index contributed by atoms with van der Waals surface area (Å²) in [4.78, 5) is 23.6. The smallest absolute Gasteiger partial charge is 0.335 e. The minimum absolute atomic E-state index is 0.00906. The van der Waals surface area contributed by atoms with Crippen LogP contribution in [0.4, 0.5) is 0 Å². The molecule has 0 spiro atoms. The molecule has 2 aliphatic rings. The van der Waals surface area contributed by atoms with Gasteiger partial charge in [0.25, 0.3) is 0 Å². The predicted molar refractivity (Wildman–Crippen MR) is 94.8 cm³/mol. The Morgan fingerprint density at radius 3 is 2.27 bits per heavy atom. The second-order valence-electron chi connectivity index (χ2n) is 6.78. The van der Waals surface area contributed by atoms with E-state index in [1.807, 2.05) is 24.3 Å². The largest absolute Gasteiger partial charge is 0.481 e. The van der Waals surface area contributed by atoms with Gasteiger partial charge in [0.1, 0.15) is 6.61 Å². The average molecular weight is 352 g/mol. The first-order valence-electron chi connectivity index (χ1n) is 8.84. The summed E-state index contributed by atoms with van der Waals surface area (Å²) >= 11 is 0. The van der Waals surface area contributed by atoms with Crippen molar-refractivity contribution in [1.29, 1.82) is 0 Å². The molecule has 2 aromatic rings. The van der Waals surface area contributed by atoms with Gasteiger partial charge >= 0.3 is 11.9 Å². The number of fused-ring (bicyclic) bond motifs is 3. The number of hydrogen-bond acceptors (Lipinski definition) is 4. The number of benzene rings is 2. The molecule has 134 valence electrons. The lowest BCUT2D eigenvalue weighted by Gasteiger charge is -2.26. The number of carbonyl (C=O) groups excluding carboxylic acids is 1. The molecule has 4 rings (SSSR count). The Morgan fingerprint density at radius 2 is 1.65 bits per heavy atom. The second kappa shape index (κ2) is 6.92. The highest BCUT2D eigenvalue weighted by Crippen LogP contribution is 2.44. The van der Waals surface area contributed by atoms with Crippen LogP contribution in [0.5, 0.6) is 0 Å². The molecule has 2 aromatic carbocycles. The summed E-state index contributed by atoms with van der Waals surface area (Å²) in [6, 6.07) is 16.3. The molecular weight excluding hydrogens is 332 g/mol. The van der Waals surface area contributed by atoms with Crippen molar-refractivity contribution in [3.63, 3.8) is 0 Å². The average Bonchev–Trinajstić information content (AvgIpc) is 3.00. The fourth-order valence-electron chi connectivity index (χ4n) is 3.88. The van der Waals surface area contributed by atoms with E-state index in [4.69, 9.17) is 14.6 Å². The predicted octanol–water partition coefficient (Wildman–Crippen LogP) is 3.22. The molecule has 1 fully saturated rings. The van der Waals surface area contributed by atoms with Gasteiger partial charge in [0.15, 0.2) is 6.10 Å². The maximum Gasteiger partial charge on any atom is 0.335 e. The summed E-state index contributed by atoms with van der Waals surface area (Å²) in [5.74, 6) is -1.91. The summed E-state index contributed by atoms with van der Waals surface area (Å²) in [7, 11) is 0. The SMILES string of the molecule is O=C(O)C1CCOC(C(=O)OCC2c3ccccc3-c3ccccc32)C1. The van der Waals surface area contributed by atoms with Crippen LogP contribution in [-0.2, 0) is 19.1 Å². The molecule has 0 bridgehead atoms. The standard InChI is InChI=1S/C21H20O5/c22-20(23)13-9-10-25-19(11-13)21(24)26-12-18-16-7-3-1-5-14(16)15-6-2-4-8-17(15)18/h1-8,13,18-19H,9-12H2,(H,22,23). The van der Waals surface area contributed by atoms with Crippen molar-refractivity contribution < 1.29 is 24.2 Å². The topological polar surface area (TPSA) is 72.8 Å².